The lowest BCUT2D eigenvalue weighted by atomic mass is 9.95. The lowest BCUT2D eigenvalue weighted by Gasteiger charge is -2.27. The molecule has 3 aromatic rings. The van der Waals surface area contributed by atoms with Crippen molar-refractivity contribution in [3.63, 3.8) is 0 Å². The third-order valence-electron chi connectivity index (χ3n) is 5.17. The molecule has 0 aliphatic carbocycles. The number of carbonyl (C=O) groups is 3. The van der Waals surface area contributed by atoms with Crippen LogP contribution in [-0.4, -0.2) is 35.0 Å². The molecule has 32 heavy (non-hydrogen) atoms. The molecule has 7 nitrogen and oxygen atoms in total. The van der Waals surface area contributed by atoms with E-state index in [1.54, 1.807) is 53.9 Å². The number of amides is 1. The van der Waals surface area contributed by atoms with Crippen molar-refractivity contribution in [1.29, 1.82) is 0 Å². The molecule has 1 aliphatic heterocycles. The Labute approximate surface area is 187 Å². The first kappa shape index (κ1) is 21.3. The maximum atomic E-state index is 13.2. The lowest BCUT2D eigenvalue weighted by Crippen LogP contribution is -2.31. The van der Waals surface area contributed by atoms with Crippen LogP contribution < -0.4 is 4.90 Å². The fourth-order valence-electron chi connectivity index (χ4n) is 3.67. The molecule has 2 heterocycles. The number of aliphatic hydroxyl groups is 1. The van der Waals surface area contributed by atoms with Crippen molar-refractivity contribution in [2.24, 2.45) is 0 Å². The Morgan fingerprint density at radius 3 is 2.44 bits per heavy atom. The van der Waals surface area contributed by atoms with Gasteiger partial charge in [-0.15, -0.1) is 11.3 Å². The normalized spacial score (nSPS) is 15.8. The van der Waals surface area contributed by atoms with Crippen LogP contribution in [0.1, 0.15) is 26.8 Å². The van der Waals surface area contributed by atoms with Crippen LogP contribution in [0.2, 0.25) is 0 Å². The molecular weight excluding hydrogens is 430 g/mol. The van der Waals surface area contributed by atoms with Gasteiger partial charge in [-0.05, 0) is 46.8 Å². The molecule has 0 fully saturated rings. The summed E-state index contributed by atoms with van der Waals surface area (Å²) in [6.45, 7) is 0. The van der Waals surface area contributed by atoms with Crippen LogP contribution in [-0.2, 0) is 20.7 Å². The predicted molar refractivity (Wildman–Crippen MR) is 119 cm³/mol. The molecule has 1 atom stereocenters. The van der Waals surface area contributed by atoms with Gasteiger partial charge in [0.2, 0.25) is 5.78 Å². The van der Waals surface area contributed by atoms with Crippen molar-refractivity contribution in [2.45, 2.75) is 12.5 Å². The number of nitrogens with zero attached hydrogens (tertiary/aromatic N) is 1. The van der Waals surface area contributed by atoms with Crippen molar-refractivity contribution in [1.82, 2.24) is 0 Å². The minimum atomic E-state index is -0.935. The molecule has 1 amide bonds. The zero-order valence-electron chi connectivity index (χ0n) is 17.0. The van der Waals surface area contributed by atoms with Gasteiger partial charge in [0.15, 0.2) is 5.76 Å². The zero-order valence-corrected chi connectivity index (χ0v) is 17.8. The number of hydrogen-bond donors (Lipinski definition) is 2. The van der Waals surface area contributed by atoms with E-state index in [1.807, 2.05) is 0 Å². The summed E-state index contributed by atoms with van der Waals surface area (Å²) in [5, 5.41) is 22.5. The molecule has 0 saturated carbocycles. The first-order valence-corrected chi connectivity index (χ1v) is 10.6. The number of anilines is 1. The molecule has 0 radical (unpaired) electrons. The summed E-state index contributed by atoms with van der Waals surface area (Å²) in [6, 6.07) is 15.3. The van der Waals surface area contributed by atoms with E-state index < -0.39 is 29.5 Å². The molecule has 0 spiro atoms. The fraction of sp³-hybridized carbons (Fsp3) is 0.125. The highest BCUT2D eigenvalue weighted by atomic mass is 32.1. The van der Waals surface area contributed by atoms with Crippen LogP contribution >= 0.6 is 11.3 Å². The summed E-state index contributed by atoms with van der Waals surface area (Å²) in [4.78, 5) is 39.5. The molecule has 0 bridgehead atoms. The number of phenolic OH excluding ortho intramolecular Hbond substituents is 1. The molecule has 2 N–H and O–H groups in total. The van der Waals surface area contributed by atoms with Crippen LogP contribution in [0.5, 0.6) is 5.75 Å². The number of ether oxygens (including phenoxy) is 1. The van der Waals surface area contributed by atoms with Gasteiger partial charge in [-0.1, -0.05) is 30.3 Å². The van der Waals surface area contributed by atoms with E-state index in [0.717, 1.165) is 0 Å². The van der Waals surface area contributed by atoms with Crippen LogP contribution in [0.4, 0.5) is 5.69 Å². The first-order valence-electron chi connectivity index (χ1n) is 9.70. The average molecular weight is 449 g/mol. The lowest BCUT2D eigenvalue weighted by molar-refractivity contribution is -0.139. The third-order valence-corrected chi connectivity index (χ3v) is 6.04. The van der Waals surface area contributed by atoms with Crippen molar-refractivity contribution in [2.75, 3.05) is 12.0 Å². The number of hydrogen-bond acceptors (Lipinski definition) is 7. The van der Waals surface area contributed by atoms with Crippen LogP contribution in [0.15, 0.2) is 77.4 Å². The number of esters is 1. The van der Waals surface area contributed by atoms with Gasteiger partial charge in [0.25, 0.3) is 5.91 Å². The van der Waals surface area contributed by atoms with Gasteiger partial charge in [0.1, 0.15) is 5.75 Å². The first-order chi connectivity index (χ1) is 15.4. The number of carbonyl (C=O) groups excluding carboxylic acids is 3. The summed E-state index contributed by atoms with van der Waals surface area (Å²) >= 11 is 1.21. The maximum absolute atomic E-state index is 13.2. The Balaban J connectivity index is 1.79. The summed E-state index contributed by atoms with van der Waals surface area (Å²) in [7, 11) is 1.31. The molecule has 2 aromatic carbocycles. The molecular formula is C24H19NO6S. The van der Waals surface area contributed by atoms with Gasteiger partial charge in [0, 0.05) is 5.69 Å². The fourth-order valence-corrected chi connectivity index (χ4v) is 4.35. The Morgan fingerprint density at radius 2 is 1.81 bits per heavy atom. The summed E-state index contributed by atoms with van der Waals surface area (Å²) in [5.74, 6) is -2.23. The van der Waals surface area contributed by atoms with Crippen LogP contribution in [0, 0.1) is 0 Å². The molecule has 1 aliphatic rings. The van der Waals surface area contributed by atoms with Crippen LogP contribution in [0.25, 0.3) is 0 Å². The second kappa shape index (κ2) is 8.68. The highest BCUT2D eigenvalue weighted by molar-refractivity contribution is 7.12. The predicted octanol–water partition coefficient (Wildman–Crippen LogP) is 3.95. The quantitative estimate of drug-likeness (QED) is 0.436. The molecule has 1 aromatic heterocycles. The number of aromatic hydroxyl groups is 1. The largest absolute Gasteiger partial charge is 0.508 e. The summed E-state index contributed by atoms with van der Waals surface area (Å²) in [5.41, 5.74) is 1.54. The van der Waals surface area contributed by atoms with Gasteiger partial charge in [-0.25, -0.2) is 0 Å². The van der Waals surface area contributed by atoms with E-state index in [4.69, 9.17) is 0 Å². The summed E-state index contributed by atoms with van der Waals surface area (Å²) < 4.78 is 4.67. The number of aliphatic hydroxyl groups excluding tert-OH is 1. The highest BCUT2D eigenvalue weighted by Crippen LogP contribution is 2.42. The molecule has 0 saturated heterocycles. The zero-order chi connectivity index (χ0) is 22.8. The van der Waals surface area contributed by atoms with E-state index in [2.05, 4.69) is 4.74 Å². The molecule has 4 rings (SSSR count). The Bertz CT molecular complexity index is 1210. The minimum absolute atomic E-state index is 0.0300. The van der Waals surface area contributed by atoms with Crippen molar-refractivity contribution in [3.05, 3.63) is 93.4 Å². The Kier molecular flexibility index (Phi) is 5.79. The molecule has 162 valence electrons. The second-order valence-corrected chi connectivity index (χ2v) is 8.11. The van der Waals surface area contributed by atoms with Crippen molar-refractivity contribution >= 4 is 34.7 Å². The van der Waals surface area contributed by atoms with E-state index in [9.17, 15) is 24.6 Å². The number of rotatable bonds is 6. The van der Waals surface area contributed by atoms with Gasteiger partial charge in [0.05, 0.1) is 30.0 Å². The Morgan fingerprint density at radius 1 is 1.06 bits per heavy atom. The topological polar surface area (TPSA) is 104 Å². The number of benzene rings is 2. The van der Waals surface area contributed by atoms with E-state index in [1.165, 1.54) is 35.5 Å². The number of phenols is 1. The Hall–Kier alpha value is -3.91. The third kappa shape index (κ3) is 3.88. The van der Waals surface area contributed by atoms with Gasteiger partial charge >= 0.3 is 5.97 Å². The SMILES string of the molecule is COC(=O)Cc1ccc(N2C(=O)C(O)=C(C(=O)c3cccs3)C2c2cccc(O)c2)cc1. The second-order valence-electron chi connectivity index (χ2n) is 7.16. The van der Waals surface area contributed by atoms with Crippen LogP contribution in [0.3, 0.4) is 0 Å². The van der Waals surface area contributed by atoms with E-state index >= 15 is 0 Å². The maximum Gasteiger partial charge on any atom is 0.309 e. The van der Waals surface area contributed by atoms with Crippen molar-refractivity contribution in [3.8, 4) is 5.75 Å². The molecule has 8 heteroatoms. The number of ketones is 1. The summed E-state index contributed by atoms with van der Waals surface area (Å²) in [6.07, 6.45) is 0.0757. The number of methoxy groups -OCH3 is 1. The van der Waals surface area contributed by atoms with Gasteiger partial charge in [-0.3, -0.25) is 19.3 Å². The minimum Gasteiger partial charge on any atom is -0.508 e. The van der Waals surface area contributed by atoms with Crippen molar-refractivity contribution < 1.29 is 29.3 Å². The number of Topliss-reactive ketones (excluding diaryl/α,β-unsaturated/α-hetero) is 1. The van der Waals surface area contributed by atoms with E-state index in [0.29, 0.717) is 21.7 Å². The van der Waals surface area contributed by atoms with Gasteiger partial charge < -0.3 is 14.9 Å². The van der Waals surface area contributed by atoms with E-state index in [-0.39, 0.29) is 17.7 Å². The number of thiophene rings is 1. The highest BCUT2D eigenvalue weighted by Gasteiger charge is 2.44. The molecule has 1 unspecified atom stereocenters. The van der Waals surface area contributed by atoms with Gasteiger partial charge in [-0.2, -0.15) is 0 Å². The monoisotopic (exact) mass is 449 g/mol. The standard InChI is InChI=1S/C24H19NO6S/c1-31-19(27)12-14-7-9-16(10-8-14)25-21(15-4-2-5-17(26)13-15)20(23(29)24(25)30)22(28)18-6-3-11-32-18/h2-11,13,21,26,29H,12H2,1H3. The smallest absolute Gasteiger partial charge is 0.309 e. The average Bonchev–Trinajstić information content (AvgIpc) is 3.41.